The Morgan fingerprint density at radius 3 is 2.81 bits per heavy atom. The standard InChI is InChI=1S/C14H17N3O4/c1-20-14(4-6-21-7-5-14)10-16-12-3-2-11(9-15)8-13(12)17(18)19/h2-3,8,16H,4-7,10H2,1H3. The van der Waals surface area contributed by atoms with Gasteiger partial charge in [0.05, 0.1) is 22.2 Å². The number of nitrogens with zero attached hydrogens (tertiary/aromatic N) is 2. The van der Waals surface area contributed by atoms with Crippen LogP contribution in [0.25, 0.3) is 0 Å². The van der Waals surface area contributed by atoms with Crippen LogP contribution in [0.4, 0.5) is 11.4 Å². The molecule has 0 bridgehead atoms. The number of rotatable bonds is 5. The predicted octanol–water partition coefficient (Wildman–Crippen LogP) is 2.07. The van der Waals surface area contributed by atoms with E-state index < -0.39 is 4.92 Å². The number of nitro benzene ring substituents is 1. The summed E-state index contributed by atoms with van der Waals surface area (Å²) in [6, 6.07) is 6.28. The summed E-state index contributed by atoms with van der Waals surface area (Å²) < 4.78 is 10.9. The Morgan fingerprint density at radius 2 is 2.24 bits per heavy atom. The van der Waals surface area contributed by atoms with E-state index in [1.807, 2.05) is 6.07 Å². The number of nitriles is 1. The molecule has 1 fully saturated rings. The van der Waals surface area contributed by atoms with Gasteiger partial charge in [-0.15, -0.1) is 0 Å². The normalized spacial score (nSPS) is 17.0. The summed E-state index contributed by atoms with van der Waals surface area (Å²) in [5.41, 5.74) is 0.175. The summed E-state index contributed by atoms with van der Waals surface area (Å²) in [7, 11) is 1.64. The lowest BCUT2D eigenvalue weighted by Gasteiger charge is -2.36. The van der Waals surface area contributed by atoms with Crippen LogP contribution in [0.15, 0.2) is 18.2 Å². The van der Waals surface area contributed by atoms with Gasteiger partial charge >= 0.3 is 0 Å². The van der Waals surface area contributed by atoms with E-state index in [1.54, 1.807) is 19.2 Å². The van der Waals surface area contributed by atoms with Crippen LogP contribution in [-0.2, 0) is 9.47 Å². The Balaban J connectivity index is 2.15. The van der Waals surface area contributed by atoms with E-state index in [1.165, 1.54) is 6.07 Å². The quantitative estimate of drug-likeness (QED) is 0.659. The molecule has 0 aliphatic carbocycles. The first-order valence-electron chi connectivity index (χ1n) is 6.65. The topological polar surface area (TPSA) is 97.4 Å². The maximum absolute atomic E-state index is 11.1. The molecule has 1 aliphatic rings. The number of anilines is 1. The Hall–Kier alpha value is -2.17. The van der Waals surface area contributed by atoms with Gasteiger partial charge in [0, 0.05) is 45.8 Å². The summed E-state index contributed by atoms with van der Waals surface area (Å²) in [5, 5.41) is 23.0. The highest BCUT2D eigenvalue weighted by atomic mass is 16.6. The molecular formula is C14H17N3O4. The lowest BCUT2D eigenvalue weighted by Crippen LogP contribution is -2.44. The second kappa shape index (κ2) is 6.52. The number of hydrogen-bond donors (Lipinski definition) is 1. The first-order chi connectivity index (χ1) is 10.1. The van der Waals surface area contributed by atoms with Crippen molar-refractivity contribution in [2.75, 3.05) is 32.2 Å². The Labute approximate surface area is 122 Å². The average molecular weight is 291 g/mol. The molecule has 0 radical (unpaired) electrons. The molecule has 1 aromatic rings. The van der Waals surface area contributed by atoms with Gasteiger partial charge in [-0.2, -0.15) is 5.26 Å². The van der Waals surface area contributed by atoms with Gasteiger partial charge in [-0.3, -0.25) is 10.1 Å². The van der Waals surface area contributed by atoms with Gasteiger partial charge in [0.1, 0.15) is 5.69 Å². The molecule has 0 amide bonds. The minimum atomic E-state index is -0.493. The predicted molar refractivity (Wildman–Crippen MR) is 76.1 cm³/mol. The van der Waals surface area contributed by atoms with E-state index in [2.05, 4.69) is 5.32 Å². The Kier molecular flexibility index (Phi) is 4.73. The molecule has 1 aromatic carbocycles. The first kappa shape index (κ1) is 15.2. The van der Waals surface area contributed by atoms with Crippen LogP contribution in [0.1, 0.15) is 18.4 Å². The zero-order valence-corrected chi connectivity index (χ0v) is 11.8. The molecule has 0 atom stereocenters. The van der Waals surface area contributed by atoms with Gasteiger partial charge in [0.15, 0.2) is 0 Å². The molecule has 1 aliphatic heterocycles. The molecular weight excluding hydrogens is 274 g/mol. The number of ether oxygens (including phenoxy) is 2. The fourth-order valence-electron chi connectivity index (χ4n) is 2.35. The first-order valence-corrected chi connectivity index (χ1v) is 6.65. The second-order valence-electron chi connectivity index (χ2n) is 4.95. The molecule has 0 aromatic heterocycles. The van der Waals surface area contributed by atoms with Crippen LogP contribution in [0, 0.1) is 21.4 Å². The lowest BCUT2D eigenvalue weighted by atomic mass is 9.94. The van der Waals surface area contributed by atoms with Crippen molar-refractivity contribution < 1.29 is 14.4 Å². The van der Waals surface area contributed by atoms with Crippen LogP contribution in [0.2, 0.25) is 0 Å². The molecule has 1 heterocycles. The van der Waals surface area contributed by atoms with Gasteiger partial charge in [0.25, 0.3) is 5.69 Å². The minimum Gasteiger partial charge on any atom is -0.381 e. The van der Waals surface area contributed by atoms with Crippen LogP contribution in [-0.4, -0.2) is 37.4 Å². The molecule has 0 unspecified atom stereocenters. The number of nitro groups is 1. The van der Waals surface area contributed by atoms with E-state index in [0.717, 1.165) is 12.8 Å². The molecule has 2 rings (SSSR count). The number of nitrogens with one attached hydrogen (secondary N) is 1. The molecule has 21 heavy (non-hydrogen) atoms. The third-order valence-corrected chi connectivity index (χ3v) is 3.76. The number of hydrogen-bond acceptors (Lipinski definition) is 6. The zero-order valence-electron chi connectivity index (χ0n) is 11.8. The fourth-order valence-corrected chi connectivity index (χ4v) is 2.35. The monoisotopic (exact) mass is 291 g/mol. The fraction of sp³-hybridized carbons (Fsp3) is 0.500. The van der Waals surface area contributed by atoms with E-state index in [0.29, 0.717) is 25.4 Å². The number of benzene rings is 1. The maximum atomic E-state index is 11.1. The lowest BCUT2D eigenvalue weighted by molar-refractivity contribution is -0.384. The van der Waals surface area contributed by atoms with Crippen molar-refractivity contribution >= 4 is 11.4 Å². The van der Waals surface area contributed by atoms with Crippen molar-refractivity contribution in [1.29, 1.82) is 5.26 Å². The highest BCUT2D eigenvalue weighted by molar-refractivity contribution is 5.64. The van der Waals surface area contributed by atoms with Gasteiger partial charge in [-0.25, -0.2) is 0 Å². The van der Waals surface area contributed by atoms with Crippen molar-refractivity contribution in [3.8, 4) is 6.07 Å². The van der Waals surface area contributed by atoms with Gasteiger partial charge in [-0.1, -0.05) is 0 Å². The Morgan fingerprint density at radius 1 is 1.52 bits per heavy atom. The summed E-state index contributed by atoms with van der Waals surface area (Å²) >= 11 is 0. The van der Waals surface area contributed by atoms with Gasteiger partial charge in [-0.05, 0) is 12.1 Å². The van der Waals surface area contributed by atoms with E-state index >= 15 is 0 Å². The van der Waals surface area contributed by atoms with Crippen molar-refractivity contribution in [3.05, 3.63) is 33.9 Å². The molecule has 0 saturated carbocycles. The van der Waals surface area contributed by atoms with Crippen molar-refractivity contribution in [1.82, 2.24) is 0 Å². The third-order valence-electron chi connectivity index (χ3n) is 3.76. The van der Waals surface area contributed by atoms with Crippen molar-refractivity contribution in [2.45, 2.75) is 18.4 Å². The average Bonchev–Trinajstić information content (AvgIpc) is 2.53. The molecule has 7 heteroatoms. The highest BCUT2D eigenvalue weighted by Crippen LogP contribution is 2.29. The van der Waals surface area contributed by atoms with Crippen LogP contribution in [0.3, 0.4) is 0 Å². The van der Waals surface area contributed by atoms with E-state index in [9.17, 15) is 10.1 Å². The second-order valence-corrected chi connectivity index (χ2v) is 4.95. The SMILES string of the molecule is COC1(CNc2ccc(C#N)cc2[N+](=O)[O-])CCOCC1. The molecule has 112 valence electrons. The summed E-state index contributed by atoms with van der Waals surface area (Å²) in [5.74, 6) is 0. The van der Waals surface area contributed by atoms with Crippen molar-refractivity contribution in [2.24, 2.45) is 0 Å². The van der Waals surface area contributed by atoms with Crippen LogP contribution in [0.5, 0.6) is 0 Å². The third kappa shape index (κ3) is 3.48. The van der Waals surface area contributed by atoms with E-state index in [-0.39, 0.29) is 16.9 Å². The van der Waals surface area contributed by atoms with Crippen LogP contribution >= 0.6 is 0 Å². The molecule has 7 nitrogen and oxygen atoms in total. The number of methoxy groups -OCH3 is 1. The minimum absolute atomic E-state index is 0.104. The highest BCUT2D eigenvalue weighted by Gasteiger charge is 2.32. The molecule has 0 spiro atoms. The summed E-state index contributed by atoms with van der Waals surface area (Å²) in [6.07, 6.45) is 1.47. The Bertz CT molecular complexity index is 562. The van der Waals surface area contributed by atoms with E-state index in [4.69, 9.17) is 14.7 Å². The maximum Gasteiger partial charge on any atom is 0.293 e. The summed E-state index contributed by atoms with van der Waals surface area (Å²) in [4.78, 5) is 10.6. The molecule has 1 saturated heterocycles. The zero-order chi connectivity index (χ0) is 15.3. The van der Waals surface area contributed by atoms with Crippen LogP contribution < -0.4 is 5.32 Å². The molecule has 1 N–H and O–H groups in total. The van der Waals surface area contributed by atoms with Gasteiger partial charge in [0.2, 0.25) is 0 Å². The van der Waals surface area contributed by atoms with Crippen molar-refractivity contribution in [3.63, 3.8) is 0 Å². The van der Waals surface area contributed by atoms with Gasteiger partial charge < -0.3 is 14.8 Å². The summed E-state index contributed by atoms with van der Waals surface area (Å²) in [6.45, 7) is 1.69. The largest absolute Gasteiger partial charge is 0.381 e. The smallest absolute Gasteiger partial charge is 0.293 e.